The van der Waals surface area contributed by atoms with Gasteiger partial charge in [-0.25, -0.2) is 9.97 Å². The van der Waals surface area contributed by atoms with Crippen LogP contribution in [-0.4, -0.2) is 39.1 Å². The molecule has 4 aromatic rings. The summed E-state index contributed by atoms with van der Waals surface area (Å²) in [6.45, 7) is 1.56. The van der Waals surface area contributed by atoms with Gasteiger partial charge in [-0.2, -0.15) is 5.26 Å². The van der Waals surface area contributed by atoms with E-state index in [4.69, 9.17) is 4.52 Å². The largest absolute Gasteiger partial charge is 0.386 e. The number of hydrogen-bond acceptors (Lipinski definition) is 8. The molecule has 4 rings (SSSR count). The van der Waals surface area contributed by atoms with Crippen LogP contribution < -0.4 is 10.2 Å². The van der Waals surface area contributed by atoms with Crippen molar-refractivity contribution in [3.05, 3.63) is 89.9 Å². The third-order valence-corrected chi connectivity index (χ3v) is 5.59. The summed E-state index contributed by atoms with van der Waals surface area (Å²) in [7, 11) is 1.65. The van der Waals surface area contributed by atoms with Gasteiger partial charge in [-0.05, 0) is 19.1 Å². The Morgan fingerprint density at radius 1 is 1.08 bits per heavy atom. The molecule has 2 amide bonds. The fourth-order valence-corrected chi connectivity index (χ4v) is 3.59. The molecule has 0 aliphatic carbocycles. The van der Waals surface area contributed by atoms with Crippen molar-refractivity contribution in [2.45, 2.75) is 13.0 Å². The lowest BCUT2D eigenvalue weighted by Gasteiger charge is -2.19. The minimum Gasteiger partial charge on any atom is -0.386 e. The standard InChI is InChI=1S/C26H22N6O4/c1-16-20(15-29-36-16)23(33)19(13-27)24(34)31-26-28-14-21(22(30-26)17-9-5-3-6-10-17)25(35)32(2)18-11-7-4-8-12-18/h3-12,14-15,19,23,33H,1-2H3,(H,28,30,31,34). The highest BCUT2D eigenvalue weighted by molar-refractivity contribution is 6.09. The van der Waals surface area contributed by atoms with Crippen molar-refractivity contribution in [1.82, 2.24) is 15.1 Å². The summed E-state index contributed by atoms with van der Waals surface area (Å²) in [5, 5.41) is 26.1. The molecular formula is C26H22N6O4. The first-order valence-corrected chi connectivity index (χ1v) is 11.0. The molecule has 2 aromatic heterocycles. The van der Waals surface area contributed by atoms with Crippen molar-refractivity contribution in [3.8, 4) is 17.3 Å². The highest BCUT2D eigenvalue weighted by atomic mass is 16.5. The van der Waals surface area contributed by atoms with Crippen LogP contribution in [0.1, 0.15) is 27.8 Å². The average Bonchev–Trinajstić information content (AvgIpc) is 3.35. The van der Waals surface area contributed by atoms with E-state index in [1.165, 1.54) is 17.3 Å². The Morgan fingerprint density at radius 2 is 1.75 bits per heavy atom. The number of nitrogens with one attached hydrogen (secondary N) is 1. The summed E-state index contributed by atoms with van der Waals surface area (Å²) in [5.41, 5.74) is 2.08. The second kappa shape index (κ2) is 10.6. The number of rotatable bonds is 7. The van der Waals surface area contributed by atoms with Gasteiger partial charge in [-0.3, -0.25) is 14.9 Å². The Bertz CT molecular complexity index is 1420. The number of carbonyl (C=O) groups is 2. The summed E-state index contributed by atoms with van der Waals surface area (Å²) in [5.74, 6) is -2.45. The van der Waals surface area contributed by atoms with Gasteiger partial charge in [0.05, 0.1) is 23.5 Å². The van der Waals surface area contributed by atoms with Gasteiger partial charge in [0.15, 0.2) is 5.92 Å². The van der Waals surface area contributed by atoms with Crippen LogP contribution in [0, 0.1) is 24.2 Å². The van der Waals surface area contributed by atoms with Crippen molar-refractivity contribution in [3.63, 3.8) is 0 Å². The SMILES string of the molecule is Cc1oncc1C(O)C(C#N)C(=O)Nc1ncc(C(=O)N(C)c2ccccc2)c(-c2ccccc2)n1. The van der Waals surface area contributed by atoms with E-state index in [1.807, 2.05) is 24.3 Å². The molecule has 0 fully saturated rings. The molecule has 2 unspecified atom stereocenters. The first-order valence-electron chi connectivity index (χ1n) is 11.0. The zero-order valence-corrected chi connectivity index (χ0v) is 19.5. The predicted molar refractivity (Wildman–Crippen MR) is 131 cm³/mol. The second-order valence-electron chi connectivity index (χ2n) is 7.90. The first-order chi connectivity index (χ1) is 17.4. The molecule has 10 nitrogen and oxygen atoms in total. The maximum atomic E-state index is 13.3. The quantitative estimate of drug-likeness (QED) is 0.407. The van der Waals surface area contributed by atoms with Gasteiger partial charge in [0.25, 0.3) is 5.91 Å². The number of amides is 2. The zero-order valence-electron chi connectivity index (χ0n) is 19.5. The van der Waals surface area contributed by atoms with Crippen molar-refractivity contribution in [2.24, 2.45) is 5.92 Å². The van der Waals surface area contributed by atoms with E-state index in [-0.39, 0.29) is 23.0 Å². The van der Waals surface area contributed by atoms with Crippen LogP contribution in [0.4, 0.5) is 11.6 Å². The van der Waals surface area contributed by atoms with E-state index in [1.54, 1.807) is 56.4 Å². The van der Waals surface area contributed by atoms with E-state index < -0.39 is 17.9 Å². The summed E-state index contributed by atoms with van der Waals surface area (Å²) in [4.78, 5) is 36.2. The normalized spacial score (nSPS) is 12.3. The molecule has 180 valence electrons. The number of hydrogen-bond donors (Lipinski definition) is 2. The van der Waals surface area contributed by atoms with Gasteiger partial charge in [0.1, 0.15) is 11.9 Å². The van der Waals surface area contributed by atoms with Crippen molar-refractivity contribution < 1.29 is 19.2 Å². The molecule has 0 saturated heterocycles. The molecule has 0 bridgehead atoms. The van der Waals surface area contributed by atoms with Crippen molar-refractivity contribution in [1.29, 1.82) is 5.26 Å². The Hall–Kier alpha value is -4.88. The van der Waals surface area contributed by atoms with Crippen molar-refractivity contribution in [2.75, 3.05) is 17.3 Å². The Labute approximate surface area is 206 Å². The molecule has 10 heteroatoms. The van der Waals surface area contributed by atoms with Crippen LogP contribution in [-0.2, 0) is 4.79 Å². The van der Waals surface area contributed by atoms with Crippen LogP contribution >= 0.6 is 0 Å². The summed E-state index contributed by atoms with van der Waals surface area (Å²) < 4.78 is 4.92. The molecule has 0 spiro atoms. The fourth-order valence-electron chi connectivity index (χ4n) is 3.59. The number of para-hydroxylation sites is 1. The number of aliphatic hydroxyl groups excluding tert-OH is 1. The molecule has 2 heterocycles. The number of aliphatic hydroxyl groups is 1. The third kappa shape index (κ3) is 4.96. The van der Waals surface area contributed by atoms with Gasteiger partial charge in [-0.15, -0.1) is 0 Å². The first kappa shape index (κ1) is 24.3. The lowest BCUT2D eigenvalue weighted by atomic mass is 9.97. The number of nitriles is 1. The van der Waals surface area contributed by atoms with E-state index in [0.717, 1.165) is 0 Å². The van der Waals surface area contributed by atoms with Gasteiger partial charge < -0.3 is 14.5 Å². The minimum absolute atomic E-state index is 0.118. The molecule has 2 N–H and O–H groups in total. The highest BCUT2D eigenvalue weighted by Crippen LogP contribution is 2.27. The van der Waals surface area contributed by atoms with Crippen LogP contribution in [0.15, 0.2) is 77.6 Å². The second-order valence-corrected chi connectivity index (χ2v) is 7.90. The van der Waals surface area contributed by atoms with Gasteiger partial charge in [0, 0.05) is 30.1 Å². The average molecular weight is 483 g/mol. The molecule has 2 atom stereocenters. The molecule has 36 heavy (non-hydrogen) atoms. The van der Waals surface area contributed by atoms with Crippen LogP contribution in [0.2, 0.25) is 0 Å². The molecule has 0 saturated carbocycles. The Kier molecular flexibility index (Phi) is 7.13. The van der Waals surface area contributed by atoms with Gasteiger partial charge in [-0.1, -0.05) is 53.7 Å². The number of benzene rings is 2. The smallest absolute Gasteiger partial charge is 0.261 e. The number of aryl methyl sites for hydroxylation is 1. The molecule has 0 aliphatic heterocycles. The van der Waals surface area contributed by atoms with E-state index in [2.05, 4.69) is 20.4 Å². The van der Waals surface area contributed by atoms with E-state index in [9.17, 15) is 20.0 Å². The third-order valence-electron chi connectivity index (χ3n) is 5.59. The van der Waals surface area contributed by atoms with Crippen LogP contribution in [0.3, 0.4) is 0 Å². The predicted octanol–water partition coefficient (Wildman–Crippen LogP) is 3.53. The number of aromatic nitrogens is 3. The van der Waals surface area contributed by atoms with Gasteiger partial charge >= 0.3 is 0 Å². The summed E-state index contributed by atoms with van der Waals surface area (Å²) in [6, 6.07) is 19.9. The molecule has 2 aromatic carbocycles. The summed E-state index contributed by atoms with van der Waals surface area (Å²) >= 11 is 0. The summed E-state index contributed by atoms with van der Waals surface area (Å²) in [6.07, 6.45) is 1.12. The van der Waals surface area contributed by atoms with Crippen LogP contribution in [0.5, 0.6) is 0 Å². The van der Waals surface area contributed by atoms with Crippen LogP contribution in [0.25, 0.3) is 11.3 Å². The van der Waals surface area contributed by atoms with Gasteiger partial charge in [0.2, 0.25) is 11.9 Å². The lowest BCUT2D eigenvalue weighted by molar-refractivity contribution is -0.121. The topological polar surface area (TPSA) is 145 Å². The van der Waals surface area contributed by atoms with E-state index in [0.29, 0.717) is 22.7 Å². The molecule has 0 radical (unpaired) electrons. The molecule has 0 aliphatic rings. The Morgan fingerprint density at radius 3 is 2.36 bits per heavy atom. The lowest BCUT2D eigenvalue weighted by Crippen LogP contribution is -2.29. The van der Waals surface area contributed by atoms with E-state index >= 15 is 0 Å². The Balaban J connectivity index is 1.65. The monoisotopic (exact) mass is 482 g/mol. The maximum absolute atomic E-state index is 13.3. The zero-order chi connectivity index (χ0) is 25.7. The minimum atomic E-state index is -1.47. The fraction of sp³-hybridized carbons (Fsp3) is 0.154. The highest BCUT2D eigenvalue weighted by Gasteiger charge is 2.31. The maximum Gasteiger partial charge on any atom is 0.261 e. The van der Waals surface area contributed by atoms with Crippen molar-refractivity contribution >= 4 is 23.5 Å². The molecular weight excluding hydrogens is 460 g/mol. The number of carbonyl (C=O) groups excluding carboxylic acids is 2. The number of nitrogens with zero attached hydrogens (tertiary/aromatic N) is 5. The number of anilines is 2.